The van der Waals surface area contributed by atoms with Crippen LogP contribution in [0.1, 0.15) is 43.0 Å². The second kappa shape index (κ2) is 8.81. The van der Waals surface area contributed by atoms with E-state index in [2.05, 4.69) is 20.0 Å². The Morgan fingerprint density at radius 1 is 1.17 bits per heavy atom. The molecule has 7 nitrogen and oxygen atoms in total. The normalized spacial score (nSPS) is 14.8. The number of rotatable bonds is 8. The maximum atomic E-state index is 12.2. The first kappa shape index (κ1) is 20.3. The zero-order valence-electron chi connectivity index (χ0n) is 16.5. The van der Waals surface area contributed by atoms with Crippen molar-refractivity contribution in [2.24, 2.45) is 0 Å². The number of hydrogen-bond acceptors (Lipinski definition) is 4. The molecular weight excluding hydrogens is 400 g/mol. The molecule has 1 aliphatic carbocycles. The average Bonchev–Trinajstić information content (AvgIpc) is 3.08. The number of sulfonamides is 1. The van der Waals surface area contributed by atoms with Gasteiger partial charge in [0, 0.05) is 30.0 Å². The molecule has 1 saturated carbocycles. The molecule has 3 N–H and O–H groups in total. The first-order valence-electron chi connectivity index (χ1n) is 10.0. The molecule has 0 unspecified atom stereocenters. The maximum Gasteiger partial charge on any atom is 0.233 e. The first-order valence-corrected chi connectivity index (χ1v) is 11.6. The number of amides is 1. The van der Waals surface area contributed by atoms with Crippen molar-refractivity contribution in [3.05, 3.63) is 65.3 Å². The van der Waals surface area contributed by atoms with E-state index in [9.17, 15) is 13.2 Å². The van der Waals surface area contributed by atoms with Gasteiger partial charge in [-0.3, -0.25) is 4.79 Å². The zero-order valence-corrected chi connectivity index (χ0v) is 17.3. The predicted molar refractivity (Wildman–Crippen MR) is 118 cm³/mol. The number of hydrogen-bond donors (Lipinski definition) is 3. The number of nitrogens with one attached hydrogen (secondary N) is 3. The Morgan fingerprint density at radius 2 is 1.97 bits per heavy atom. The fourth-order valence-corrected chi connectivity index (χ4v) is 4.11. The lowest BCUT2D eigenvalue weighted by atomic mass is 9.85. The van der Waals surface area contributed by atoms with Gasteiger partial charge in [-0.15, -0.1) is 0 Å². The Labute approximate surface area is 175 Å². The fourth-order valence-electron chi connectivity index (χ4n) is 3.29. The van der Waals surface area contributed by atoms with Crippen LogP contribution >= 0.6 is 0 Å². The number of nitrogens with zero attached hydrogens (tertiary/aromatic N) is 1. The number of carbonyl (C=O) groups excluding carboxylic acids is 1. The summed E-state index contributed by atoms with van der Waals surface area (Å²) in [6, 6.07) is 14.7. The summed E-state index contributed by atoms with van der Waals surface area (Å²) in [5.74, 6) is 1.26. The van der Waals surface area contributed by atoms with Crippen LogP contribution in [0.3, 0.4) is 0 Å². The van der Waals surface area contributed by atoms with Crippen LogP contribution in [0.25, 0.3) is 17.1 Å². The standard InChI is InChI=1S/C22H24N4O3S/c27-21(11-13-23-30(28,29)14-12-16-5-2-1-3-6-16)24-18-9-10-19-20(15-18)26-22(25-19)17-7-4-8-17/h1-3,5-6,9-10,12,14-15,17,23H,4,7-8,11,13H2,(H,24,27)(H,25,26). The molecule has 1 fully saturated rings. The van der Waals surface area contributed by atoms with Gasteiger partial charge < -0.3 is 10.3 Å². The van der Waals surface area contributed by atoms with E-state index in [0.29, 0.717) is 11.6 Å². The highest BCUT2D eigenvalue weighted by molar-refractivity contribution is 7.92. The third-order valence-electron chi connectivity index (χ3n) is 5.17. The number of aromatic nitrogens is 2. The minimum Gasteiger partial charge on any atom is -0.342 e. The van der Waals surface area contributed by atoms with Crippen LogP contribution in [-0.4, -0.2) is 30.8 Å². The quantitative estimate of drug-likeness (QED) is 0.512. The van der Waals surface area contributed by atoms with E-state index >= 15 is 0 Å². The van der Waals surface area contributed by atoms with Gasteiger partial charge in [-0.05, 0) is 42.7 Å². The van der Waals surface area contributed by atoms with Crippen molar-refractivity contribution in [1.82, 2.24) is 14.7 Å². The lowest BCUT2D eigenvalue weighted by molar-refractivity contribution is -0.116. The van der Waals surface area contributed by atoms with E-state index in [1.54, 1.807) is 6.07 Å². The van der Waals surface area contributed by atoms with Crippen molar-refractivity contribution in [2.45, 2.75) is 31.6 Å². The Bertz CT molecular complexity index is 1170. The van der Waals surface area contributed by atoms with Crippen molar-refractivity contribution >= 4 is 38.7 Å². The van der Waals surface area contributed by atoms with E-state index in [1.807, 2.05) is 42.5 Å². The second-order valence-electron chi connectivity index (χ2n) is 7.43. The summed E-state index contributed by atoms with van der Waals surface area (Å²) in [5, 5.41) is 3.91. The molecule has 4 rings (SSSR count). The third-order valence-corrected chi connectivity index (χ3v) is 6.27. The predicted octanol–water partition coefficient (Wildman–Crippen LogP) is 3.75. The molecule has 3 aromatic rings. The lowest BCUT2D eigenvalue weighted by Gasteiger charge is -2.22. The Balaban J connectivity index is 1.28. The summed E-state index contributed by atoms with van der Waals surface area (Å²) in [6.45, 7) is 0.0193. The molecule has 8 heteroatoms. The van der Waals surface area contributed by atoms with Crippen LogP contribution in [0.15, 0.2) is 53.9 Å². The Morgan fingerprint density at radius 3 is 2.70 bits per heavy atom. The van der Waals surface area contributed by atoms with Crippen LogP contribution in [0.2, 0.25) is 0 Å². The number of H-pyrrole nitrogens is 1. The monoisotopic (exact) mass is 424 g/mol. The van der Waals surface area contributed by atoms with Gasteiger partial charge in [0.1, 0.15) is 5.82 Å². The summed E-state index contributed by atoms with van der Waals surface area (Å²) < 4.78 is 26.5. The SMILES string of the molecule is O=C(CCNS(=O)(=O)C=Cc1ccccc1)Nc1ccc2nc(C3CCC3)[nH]c2c1. The van der Waals surface area contributed by atoms with Gasteiger partial charge in [0.25, 0.3) is 0 Å². The van der Waals surface area contributed by atoms with Gasteiger partial charge in [-0.2, -0.15) is 0 Å². The van der Waals surface area contributed by atoms with E-state index in [-0.39, 0.29) is 18.9 Å². The molecule has 0 radical (unpaired) electrons. The summed E-state index contributed by atoms with van der Waals surface area (Å²) in [4.78, 5) is 20.2. The van der Waals surface area contributed by atoms with Gasteiger partial charge in [-0.1, -0.05) is 36.8 Å². The highest BCUT2D eigenvalue weighted by Gasteiger charge is 2.22. The van der Waals surface area contributed by atoms with E-state index in [1.165, 1.54) is 25.3 Å². The Kier molecular flexibility index (Phi) is 5.96. The molecule has 30 heavy (non-hydrogen) atoms. The molecule has 0 saturated heterocycles. The average molecular weight is 425 g/mol. The van der Waals surface area contributed by atoms with Gasteiger partial charge in [-0.25, -0.2) is 18.1 Å². The molecular formula is C22H24N4O3S. The molecule has 1 amide bonds. The maximum absolute atomic E-state index is 12.2. The molecule has 1 aromatic heterocycles. The summed E-state index contributed by atoms with van der Waals surface area (Å²) in [7, 11) is -3.60. The minimum atomic E-state index is -3.60. The number of aromatic amines is 1. The first-order chi connectivity index (χ1) is 14.5. The molecule has 0 aliphatic heterocycles. The number of anilines is 1. The third kappa shape index (κ3) is 5.14. The number of fused-ring (bicyclic) bond motifs is 1. The minimum absolute atomic E-state index is 0.0193. The summed E-state index contributed by atoms with van der Waals surface area (Å²) in [5.41, 5.74) is 3.22. The Hall–Kier alpha value is -2.97. The molecule has 0 atom stereocenters. The fraction of sp³-hybridized carbons (Fsp3) is 0.273. The van der Waals surface area contributed by atoms with Crippen molar-refractivity contribution in [2.75, 3.05) is 11.9 Å². The van der Waals surface area contributed by atoms with Gasteiger partial charge in [0.2, 0.25) is 15.9 Å². The van der Waals surface area contributed by atoms with Crippen molar-refractivity contribution < 1.29 is 13.2 Å². The van der Waals surface area contributed by atoms with Gasteiger partial charge in [0.05, 0.1) is 11.0 Å². The van der Waals surface area contributed by atoms with Crippen LogP contribution in [0, 0.1) is 0 Å². The molecule has 2 aromatic carbocycles. The summed E-state index contributed by atoms with van der Waals surface area (Å²) in [6.07, 6.45) is 5.13. The molecule has 156 valence electrons. The molecule has 1 heterocycles. The van der Waals surface area contributed by atoms with Crippen molar-refractivity contribution in [3.63, 3.8) is 0 Å². The van der Waals surface area contributed by atoms with Gasteiger partial charge in [0.15, 0.2) is 0 Å². The molecule has 1 aliphatic rings. The van der Waals surface area contributed by atoms with Crippen LogP contribution < -0.4 is 10.0 Å². The van der Waals surface area contributed by atoms with Crippen LogP contribution in [0.5, 0.6) is 0 Å². The van der Waals surface area contributed by atoms with Gasteiger partial charge >= 0.3 is 0 Å². The highest BCUT2D eigenvalue weighted by atomic mass is 32.2. The number of benzene rings is 2. The topological polar surface area (TPSA) is 104 Å². The number of imidazole rings is 1. The lowest BCUT2D eigenvalue weighted by Crippen LogP contribution is -2.26. The largest absolute Gasteiger partial charge is 0.342 e. The summed E-state index contributed by atoms with van der Waals surface area (Å²) >= 11 is 0. The van der Waals surface area contributed by atoms with Crippen molar-refractivity contribution in [3.8, 4) is 0 Å². The molecule has 0 bridgehead atoms. The smallest absolute Gasteiger partial charge is 0.233 e. The highest BCUT2D eigenvalue weighted by Crippen LogP contribution is 2.35. The zero-order chi connectivity index (χ0) is 21.0. The molecule has 0 spiro atoms. The van der Waals surface area contributed by atoms with Crippen molar-refractivity contribution in [1.29, 1.82) is 0 Å². The van der Waals surface area contributed by atoms with E-state index in [4.69, 9.17) is 0 Å². The van der Waals surface area contributed by atoms with Crippen LogP contribution in [0.4, 0.5) is 5.69 Å². The van der Waals surface area contributed by atoms with E-state index < -0.39 is 10.0 Å². The number of carbonyl (C=O) groups is 1. The van der Waals surface area contributed by atoms with Crippen LogP contribution in [-0.2, 0) is 14.8 Å². The van der Waals surface area contributed by atoms with E-state index in [0.717, 1.165) is 27.8 Å². The second-order valence-corrected chi connectivity index (χ2v) is 9.08.